The predicted octanol–water partition coefficient (Wildman–Crippen LogP) is 2.15. The number of rotatable bonds is 4. The quantitative estimate of drug-likeness (QED) is 0.812. The Morgan fingerprint density at radius 3 is 2.48 bits per heavy atom. The highest BCUT2D eigenvalue weighted by Crippen LogP contribution is 2.22. The van der Waals surface area contributed by atoms with Gasteiger partial charge in [-0.1, -0.05) is 36.4 Å². The van der Waals surface area contributed by atoms with Crippen LogP contribution >= 0.6 is 0 Å². The number of carbonyl (C=O) groups excluding carboxylic acids is 2. The molecule has 1 aromatic carbocycles. The van der Waals surface area contributed by atoms with Crippen molar-refractivity contribution in [2.24, 2.45) is 0 Å². The Hall–Kier alpha value is -3.13. The van der Waals surface area contributed by atoms with E-state index in [9.17, 15) is 9.59 Å². The molecule has 1 aromatic heterocycles. The minimum Gasteiger partial charge on any atom is -0.450 e. The van der Waals surface area contributed by atoms with E-state index in [0.717, 1.165) is 25.5 Å². The van der Waals surface area contributed by atoms with Crippen LogP contribution < -0.4 is 10.2 Å². The third-order valence-corrected chi connectivity index (χ3v) is 5.75. The average Bonchev–Trinajstić information content (AvgIpc) is 2.84. The molecule has 2 amide bonds. The maximum absolute atomic E-state index is 13.0. The Kier molecular flexibility index (Phi) is 6.66. The first-order chi connectivity index (χ1) is 15.2. The lowest BCUT2D eigenvalue weighted by Gasteiger charge is -2.35. The number of nitrogens with zero attached hydrogens (tertiary/aromatic N) is 4. The topological polar surface area (TPSA) is 78.0 Å². The molecule has 0 saturated carbocycles. The SMILES string of the molecule is CCOC(=O)N1CCN(C(=O)c2cccc(N3CCNC(c4ccccc4)C3)n2)CC1. The van der Waals surface area contributed by atoms with E-state index >= 15 is 0 Å². The van der Waals surface area contributed by atoms with Gasteiger partial charge in [0.25, 0.3) is 5.91 Å². The zero-order chi connectivity index (χ0) is 21.6. The van der Waals surface area contributed by atoms with Gasteiger partial charge in [0.2, 0.25) is 0 Å². The number of amides is 2. The number of nitrogens with one attached hydrogen (secondary N) is 1. The molecule has 3 heterocycles. The summed E-state index contributed by atoms with van der Waals surface area (Å²) in [5.41, 5.74) is 1.69. The lowest BCUT2D eigenvalue weighted by Crippen LogP contribution is -2.51. The van der Waals surface area contributed by atoms with Crippen LogP contribution in [-0.4, -0.2) is 79.2 Å². The molecule has 2 aromatic rings. The van der Waals surface area contributed by atoms with Crippen molar-refractivity contribution < 1.29 is 14.3 Å². The van der Waals surface area contributed by atoms with Crippen molar-refractivity contribution in [3.05, 3.63) is 59.8 Å². The highest BCUT2D eigenvalue weighted by Gasteiger charge is 2.27. The molecule has 164 valence electrons. The summed E-state index contributed by atoms with van der Waals surface area (Å²) in [5, 5.41) is 3.56. The van der Waals surface area contributed by atoms with Crippen molar-refractivity contribution in [2.45, 2.75) is 13.0 Å². The molecule has 4 rings (SSSR count). The van der Waals surface area contributed by atoms with E-state index in [4.69, 9.17) is 4.74 Å². The number of hydrogen-bond acceptors (Lipinski definition) is 6. The monoisotopic (exact) mass is 423 g/mol. The number of carbonyl (C=O) groups is 2. The molecule has 1 N–H and O–H groups in total. The fourth-order valence-electron chi connectivity index (χ4n) is 4.05. The van der Waals surface area contributed by atoms with E-state index in [2.05, 4.69) is 39.5 Å². The van der Waals surface area contributed by atoms with Gasteiger partial charge < -0.3 is 24.8 Å². The molecule has 0 radical (unpaired) electrons. The normalized spacial score (nSPS) is 19.3. The number of pyridine rings is 1. The summed E-state index contributed by atoms with van der Waals surface area (Å²) in [5.74, 6) is 0.721. The van der Waals surface area contributed by atoms with Gasteiger partial charge in [0, 0.05) is 51.9 Å². The largest absolute Gasteiger partial charge is 0.450 e. The fourth-order valence-corrected chi connectivity index (χ4v) is 4.05. The molecule has 8 nitrogen and oxygen atoms in total. The van der Waals surface area contributed by atoms with Crippen LogP contribution in [0, 0.1) is 0 Å². The highest BCUT2D eigenvalue weighted by molar-refractivity contribution is 5.92. The lowest BCUT2D eigenvalue weighted by molar-refractivity contribution is 0.0566. The fraction of sp³-hybridized carbons (Fsp3) is 0.435. The molecule has 2 aliphatic rings. The van der Waals surface area contributed by atoms with Crippen molar-refractivity contribution in [3.63, 3.8) is 0 Å². The first kappa shape index (κ1) is 21.1. The minimum absolute atomic E-state index is 0.0971. The van der Waals surface area contributed by atoms with Crippen molar-refractivity contribution in [3.8, 4) is 0 Å². The number of anilines is 1. The zero-order valence-corrected chi connectivity index (χ0v) is 17.9. The van der Waals surface area contributed by atoms with Crippen LogP contribution in [0.1, 0.15) is 29.0 Å². The Morgan fingerprint density at radius 2 is 1.74 bits per heavy atom. The molecule has 1 unspecified atom stereocenters. The van der Waals surface area contributed by atoms with Crippen molar-refractivity contribution >= 4 is 17.8 Å². The van der Waals surface area contributed by atoms with Crippen molar-refractivity contribution in [1.82, 2.24) is 20.1 Å². The van der Waals surface area contributed by atoms with Crippen LogP contribution in [-0.2, 0) is 4.74 Å². The first-order valence-corrected chi connectivity index (χ1v) is 10.9. The molecule has 8 heteroatoms. The van der Waals surface area contributed by atoms with Crippen LogP contribution in [0.25, 0.3) is 0 Å². The van der Waals surface area contributed by atoms with E-state index in [1.54, 1.807) is 22.8 Å². The number of aromatic nitrogens is 1. The van der Waals surface area contributed by atoms with E-state index in [0.29, 0.717) is 38.5 Å². The third kappa shape index (κ3) is 4.96. The van der Waals surface area contributed by atoms with Gasteiger partial charge in [-0.25, -0.2) is 9.78 Å². The van der Waals surface area contributed by atoms with Crippen LogP contribution in [0.4, 0.5) is 10.6 Å². The third-order valence-electron chi connectivity index (χ3n) is 5.75. The molecule has 2 aliphatic heterocycles. The summed E-state index contributed by atoms with van der Waals surface area (Å²) in [6.45, 7) is 6.54. The second-order valence-corrected chi connectivity index (χ2v) is 7.72. The van der Waals surface area contributed by atoms with Gasteiger partial charge in [-0.05, 0) is 24.6 Å². The van der Waals surface area contributed by atoms with Gasteiger partial charge in [0.1, 0.15) is 11.5 Å². The standard InChI is InChI=1S/C23H29N5O3/c1-2-31-23(30)27-15-13-26(14-16-27)22(29)19-9-6-10-21(25-19)28-12-11-24-20(17-28)18-7-4-3-5-8-18/h3-10,20,24H,2,11-17H2,1H3. The number of piperazine rings is 2. The van der Waals surface area contributed by atoms with Gasteiger partial charge in [-0.3, -0.25) is 4.79 Å². The average molecular weight is 424 g/mol. The summed E-state index contributed by atoms with van der Waals surface area (Å²) in [6, 6.07) is 16.2. The van der Waals surface area contributed by atoms with Crippen molar-refractivity contribution in [1.29, 1.82) is 0 Å². The van der Waals surface area contributed by atoms with Crippen LogP contribution in [0.3, 0.4) is 0 Å². The molecule has 0 bridgehead atoms. The molecular weight excluding hydrogens is 394 g/mol. The Labute approximate surface area is 182 Å². The van der Waals surface area contributed by atoms with Gasteiger partial charge in [-0.2, -0.15) is 0 Å². The molecule has 2 fully saturated rings. The smallest absolute Gasteiger partial charge is 0.409 e. The maximum Gasteiger partial charge on any atom is 0.409 e. The Balaban J connectivity index is 1.40. The molecule has 1 atom stereocenters. The highest BCUT2D eigenvalue weighted by atomic mass is 16.6. The first-order valence-electron chi connectivity index (χ1n) is 10.9. The Bertz CT molecular complexity index is 899. The molecular formula is C23H29N5O3. The number of benzene rings is 1. The summed E-state index contributed by atoms with van der Waals surface area (Å²) in [4.78, 5) is 35.2. The molecule has 31 heavy (non-hydrogen) atoms. The summed E-state index contributed by atoms with van der Waals surface area (Å²) in [6.07, 6.45) is -0.318. The minimum atomic E-state index is -0.318. The lowest BCUT2D eigenvalue weighted by atomic mass is 10.0. The van der Waals surface area contributed by atoms with Crippen LogP contribution in [0.15, 0.2) is 48.5 Å². The number of ether oxygens (including phenoxy) is 1. The maximum atomic E-state index is 13.0. The summed E-state index contributed by atoms with van der Waals surface area (Å²) < 4.78 is 5.05. The number of hydrogen-bond donors (Lipinski definition) is 1. The van der Waals surface area contributed by atoms with E-state index in [-0.39, 0.29) is 18.0 Å². The van der Waals surface area contributed by atoms with E-state index in [1.165, 1.54) is 5.56 Å². The van der Waals surface area contributed by atoms with Gasteiger partial charge in [-0.15, -0.1) is 0 Å². The van der Waals surface area contributed by atoms with E-state index < -0.39 is 0 Å². The summed E-state index contributed by atoms with van der Waals surface area (Å²) >= 11 is 0. The second-order valence-electron chi connectivity index (χ2n) is 7.72. The van der Waals surface area contributed by atoms with Crippen LogP contribution in [0.5, 0.6) is 0 Å². The van der Waals surface area contributed by atoms with Gasteiger partial charge in [0.15, 0.2) is 0 Å². The second kappa shape index (κ2) is 9.78. The van der Waals surface area contributed by atoms with Gasteiger partial charge >= 0.3 is 6.09 Å². The summed E-state index contributed by atoms with van der Waals surface area (Å²) in [7, 11) is 0. The zero-order valence-electron chi connectivity index (χ0n) is 17.9. The Morgan fingerprint density at radius 1 is 1.00 bits per heavy atom. The predicted molar refractivity (Wildman–Crippen MR) is 118 cm³/mol. The molecule has 2 saturated heterocycles. The van der Waals surface area contributed by atoms with E-state index in [1.807, 2.05) is 18.2 Å². The van der Waals surface area contributed by atoms with Crippen LogP contribution in [0.2, 0.25) is 0 Å². The molecule has 0 aliphatic carbocycles. The van der Waals surface area contributed by atoms with Crippen molar-refractivity contribution in [2.75, 3.05) is 57.3 Å². The van der Waals surface area contributed by atoms with Gasteiger partial charge in [0.05, 0.1) is 6.61 Å². The molecule has 0 spiro atoms.